The Kier molecular flexibility index (Phi) is 7.59. The first-order chi connectivity index (χ1) is 11.2. The highest BCUT2D eigenvalue weighted by Crippen LogP contribution is 2.26. The molecule has 0 aromatic heterocycles. The molecule has 1 unspecified atom stereocenters. The van der Waals surface area contributed by atoms with E-state index < -0.39 is 17.9 Å². The third-order valence-electron chi connectivity index (χ3n) is 4.99. The summed E-state index contributed by atoms with van der Waals surface area (Å²) >= 11 is 0. The van der Waals surface area contributed by atoms with E-state index in [1.54, 1.807) is 0 Å². The molecule has 0 bridgehead atoms. The molecule has 5 nitrogen and oxygen atoms in total. The summed E-state index contributed by atoms with van der Waals surface area (Å²) in [5.41, 5.74) is 1.38. The first-order valence-corrected chi connectivity index (χ1v) is 9.09. The molecule has 3 N–H and O–H groups in total. The lowest BCUT2D eigenvalue weighted by atomic mass is 9.85. The SMILES string of the molecule is O=C(NCCC1=CCCCC1)C(=O)NCC(O)C1CCCCC1. The third-order valence-corrected chi connectivity index (χ3v) is 4.99. The predicted octanol–water partition coefficient (Wildman–Crippen LogP) is 2.05. The van der Waals surface area contributed by atoms with Crippen molar-refractivity contribution in [3.63, 3.8) is 0 Å². The first kappa shape index (κ1) is 18.0. The van der Waals surface area contributed by atoms with Crippen molar-refractivity contribution >= 4 is 11.8 Å². The minimum atomic E-state index is -0.641. The van der Waals surface area contributed by atoms with Crippen molar-refractivity contribution in [1.82, 2.24) is 10.6 Å². The molecule has 0 heterocycles. The van der Waals surface area contributed by atoms with Crippen LogP contribution in [0.4, 0.5) is 0 Å². The van der Waals surface area contributed by atoms with E-state index in [0.717, 1.165) is 44.9 Å². The van der Waals surface area contributed by atoms with Crippen molar-refractivity contribution < 1.29 is 14.7 Å². The first-order valence-electron chi connectivity index (χ1n) is 9.09. The molecular formula is C18H30N2O3. The van der Waals surface area contributed by atoms with Crippen LogP contribution in [-0.2, 0) is 9.59 Å². The summed E-state index contributed by atoms with van der Waals surface area (Å²) in [5, 5.41) is 15.3. The van der Waals surface area contributed by atoms with Crippen LogP contribution in [0.1, 0.15) is 64.2 Å². The van der Waals surface area contributed by atoms with Gasteiger partial charge in [0.25, 0.3) is 0 Å². The van der Waals surface area contributed by atoms with Crippen LogP contribution in [-0.4, -0.2) is 36.1 Å². The molecule has 0 aromatic rings. The Bertz CT molecular complexity index is 428. The highest BCUT2D eigenvalue weighted by atomic mass is 16.3. The van der Waals surface area contributed by atoms with Gasteiger partial charge in [-0.15, -0.1) is 0 Å². The number of aliphatic hydroxyl groups is 1. The quantitative estimate of drug-likeness (QED) is 0.517. The normalized spacial score (nSPS) is 20.5. The van der Waals surface area contributed by atoms with Crippen LogP contribution in [0.2, 0.25) is 0 Å². The van der Waals surface area contributed by atoms with Crippen LogP contribution in [0, 0.1) is 5.92 Å². The molecule has 1 fully saturated rings. The maximum atomic E-state index is 11.8. The Morgan fingerprint density at radius 2 is 1.83 bits per heavy atom. The Hall–Kier alpha value is -1.36. The smallest absolute Gasteiger partial charge is 0.309 e. The molecule has 2 aliphatic carbocycles. The second kappa shape index (κ2) is 9.71. The van der Waals surface area contributed by atoms with Gasteiger partial charge in [-0.3, -0.25) is 9.59 Å². The number of allylic oxidation sites excluding steroid dienone is 1. The second-order valence-electron chi connectivity index (χ2n) is 6.79. The van der Waals surface area contributed by atoms with Gasteiger partial charge in [-0.25, -0.2) is 0 Å². The van der Waals surface area contributed by atoms with Gasteiger partial charge in [0, 0.05) is 13.1 Å². The van der Waals surface area contributed by atoms with Gasteiger partial charge >= 0.3 is 11.8 Å². The zero-order valence-corrected chi connectivity index (χ0v) is 14.0. The van der Waals surface area contributed by atoms with Crippen LogP contribution in [0.3, 0.4) is 0 Å². The maximum Gasteiger partial charge on any atom is 0.309 e. The van der Waals surface area contributed by atoms with Crippen molar-refractivity contribution in [3.8, 4) is 0 Å². The number of rotatable bonds is 6. The number of amides is 2. The van der Waals surface area contributed by atoms with E-state index in [-0.39, 0.29) is 12.5 Å². The van der Waals surface area contributed by atoms with Gasteiger partial charge < -0.3 is 15.7 Å². The zero-order chi connectivity index (χ0) is 16.5. The Morgan fingerprint density at radius 3 is 2.52 bits per heavy atom. The standard InChI is InChI=1S/C18H30N2O3/c21-16(15-9-5-2-6-10-15)13-20-18(23)17(22)19-12-11-14-7-3-1-4-8-14/h7,15-16,21H,1-6,8-13H2,(H,19,22)(H,20,23). The molecule has 1 atom stereocenters. The topological polar surface area (TPSA) is 78.4 Å². The van der Waals surface area contributed by atoms with Crippen molar-refractivity contribution in [2.45, 2.75) is 70.3 Å². The highest BCUT2D eigenvalue weighted by Gasteiger charge is 2.23. The van der Waals surface area contributed by atoms with Crippen LogP contribution >= 0.6 is 0 Å². The minimum Gasteiger partial charge on any atom is -0.391 e. The number of carbonyl (C=O) groups excluding carboxylic acids is 2. The number of nitrogens with one attached hydrogen (secondary N) is 2. The van der Waals surface area contributed by atoms with Crippen molar-refractivity contribution in [1.29, 1.82) is 0 Å². The summed E-state index contributed by atoms with van der Waals surface area (Å²) in [5.74, 6) is -0.986. The average molecular weight is 322 g/mol. The monoisotopic (exact) mass is 322 g/mol. The van der Waals surface area contributed by atoms with E-state index in [1.165, 1.54) is 24.8 Å². The predicted molar refractivity (Wildman–Crippen MR) is 89.8 cm³/mol. The zero-order valence-electron chi connectivity index (χ0n) is 14.0. The van der Waals surface area contributed by atoms with E-state index >= 15 is 0 Å². The summed E-state index contributed by atoms with van der Waals surface area (Å²) in [6, 6.07) is 0. The summed E-state index contributed by atoms with van der Waals surface area (Å²) in [7, 11) is 0. The third kappa shape index (κ3) is 6.34. The number of aliphatic hydroxyl groups excluding tert-OH is 1. The summed E-state index contributed by atoms with van der Waals surface area (Å²) in [6.45, 7) is 0.672. The van der Waals surface area contributed by atoms with E-state index in [1.807, 2.05) is 0 Å². The number of hydrogen-bond donors (Lipinski definition) is 3. The van der Waals surface area contributed by atoms with Crippen molar-refractivity contribution in [3.05, 3.63) is 11.6 Å². The van der Waals surface area contributed by atoms with Crippen LogP contribution in [0.15, 0.2) is 11.6 Å². The lowest BCUT2D eigenvalue weighted by Gasteiger charge is -2.26. The van der Waals surface area contributed by atoms with Gasteiger partial charge in [0.15, 0.2) is 0 Å². The second-order valence-corrected chi connectivity index (χ2v) is 6.79. The maximum absolute atomic E-state index is 11.8. The molecule has 0 radical (unpaired) electrons. The Morgan fingerprint density at radius 1 is 1.09 bits per heavy atom. The molecule has 0 spiro atoms. The molecular weight excluding hydrogens is 292 g/mol. The summed E-state index contributed by atoms with van der Waals surface area (Å²) < 4.78 is 0. The molecule has 5 heteroatoms. The molecule has 0 aromatic carbocycles. The molecule has 0 aliphatic heterocycles. The molecule has 130 valence electrons. The van der Waals surface area contributed by atoms with Crippen LogP contribution < -0.4 is 10.6 Å². The average Bonchev–Trinajstić information content (AvgIpc) is 2.61. The number of carbonyl (C=O) groups is 2. The van der Waals surface area contributed by atoms with Gasteiger partial charge in [-0.1, -0.05) is 30.9 Å². The van der Waals surface area contributed by atoms with Crippen molar-refractivity contribution in [2.24, 2.45) is 5.92 Å². The molecule has 23 heavy (non-hydrogen) atoms. The van der Waals surface area contributed by atoms with Gasteiger partial charge in [-0.2, -0.15) is 0 Å². The van der Waals surface area contributed by atoms with Crippen molar-refractivity contribution in [2.75, 3.05) is 13.1 Å². The summed E-state index contributed by atoms with van der Waals surface area (Å²) in [6.07, 6.45) is 12.8. The van der Waals surface area contributed by atoms with Gasteiger partial charge in [-0.05, 0) is 50.9 Å². The molecule has 0 saturated heterocycles. The fourth-order valence-electron chi connectivity index (χ4n) is 3.51. The van der Waals surface area contributed by atoms with E-state index in [9.17, 15) is 14.7 Å². The molecule has 1 saturated carbocycles. The summed E-state index contributed by atoms with van der Waals surface area (Å²) in [4.78, 5) is 23.5. The van der Waals surface area contributed by atoms with Crippen LogP contribution in [0.5, 0.6) is 0 Å². The largest absolute Gasteiger partial charge is 0.391 e. The Labute approximate surface area is 138 Å². The van der Waals surface area contributed by atoms with E-state index in [4.69, 9.17) is 0 Å². The van der Waals surface area contributed by atoms with Gasteiger partial charge in [0.05, 0.1) is 6.10 Å². The van der Waals surface area contributed by atoms with Gasteiger partial charge in [0.1, 0.15) is 0 Å². The van der Waals surface area contributed by atoms with E-state index in [2.05, 4.69) is 16.7 Å². The molecule has 2 aliphatic rings. The van der Waals surface area contributed by atoms with Gasteiger partial charge in [0.2, 0.25) is 0 Å². The highest BCUT2D eigenvalue weighted by molar-refractivity contribution is 6.35. The fourth-order valence-corrected chi connectivity index (χ4v) is 3.51. The lowest BCUT2D eigenvalue weighted by molar-refractivity contribution is -0.139. The molecule has 2 amide bonds. The minimum absolute atomic E-state index is 0.169. The lowest BCUT2D eigenvalue weighted by Crippen LogP contribution is -2.44. The van der Waals surface area contributed by atoms with E-state index in [0.29, 0.717) is 6.54 Å². The Balaban J connectivity index is 1.60. The van der Waals surface area contributed by atoms with Crippen LogP contribution in [0.25, 0.3) is 0 Å². The number of hydrogen-bond acceptors (Lipinski definition) is 3. The fraction of sp³-hybridized carbons (Fsp3) is 0.778. The molecule has 2 rings (SSSR count).